The van der Waals surface area contributed by atoms with Crippen molar-refractivity contribution in [1.29, 1.82) is 0 Å². The lowest BCUT2D eigenvalue weighted by molar-refractivity contribution is 0.245. The van der Waals surface area contributed by atoms with Crippen LogP contribution in [0.2, 0.25) is 0 Å². The van der Waals surface area contributed by atoms with Gasteiger partial charge >= 0.3 is 0 Å². The zero-order valence-corrected chi connectivity index (χ0v) is 13.1. The number of rotatable bonds is 4. The molecule has 1 aliphatic rings. The molecule has 0 saturated carbocycles. The molecule has 23 heavy (non-hydrogen) atoms. The standard InChI is InChI=1S/C18H20F2N2O/c1-23-16-6-3-5-15(12-16)22-10-8-21(9-11-22)13-14-4-2-7-17(19)18(14)20/h2-7,12H,8-11,13H2,1H3. The number of halogens is 2. The minimum Gasteiger partial charge on any atom is -0.497 e. The smallest absolute Gasteiger partial charge is 0.163 e. The first kappa shape index (κ1) is 15.7. The molecule has 0 bridgehead atoms. The van der Waals surface area contributed by atoms with Crippen LogP contribution in [0.1, 0.15) is 5.56 Å². The van der Waals surface area contributed by atoms with Crippen molar-refractivity contribution in [2.75, 3.05) is 38.2 Å². The molecule has 0 unspecified atom stereocenters. The fourth-order valence-electron chi connectivity index (χ4n) is 2.88. The summed E-state index contributed by atoms with van der Waals surface area (Å²) in [5, 5.41) is 0. The molecule has 0 spiro atoms. The monoisotopic (exact) mass is 318 g/mol. The van der Waals surface area contributed by atoms with E-state index in [1.807, 2.05) is 18.2 Å². The Morgan fingerprint density at radius 2 is 1.74 bits per heavy atom. The van der Waals surface area contributed by atoms with Gasteiger partial charge in [-0.15, -0.1) is 0 Å². The van der Waals surface area contributed by atoms with Gasteiger partial charge in [0.2, 0.25) is 0 Å². The van der Waals surface area contributed by atoms with E-state index >= 15 is 0 Å². The topological polar surface area (TPSA) is 15.7 Å². The summed E-state index contributed by atoms with van der Waals surface area (Å²) >= 11 is 0. The van der Waals surface area contributed by atoms with Gasteiger partial charge in [0, 0.05) is 50.0 Å². The second kappa shape index (κ2) is 6.96. The van der Waals surface area contributed by atoms with Crippen LogP contribution in [0.15, 0.2) is 42.5 Å². The molecule has 0 radical (unpaired) electrons. The zero-order chi connectivity index (χ0) is 16.2. The number of hydrogen-bond donors (Lipinski definition) is 0. The van der Waals surface area contributed by atoms with E-state index in [1.165, 1.54) is 0 Å². The average molecular weight is 318 g/mol. The quantitative estimate of drug-likeness (QED) is 0.860. The number of piperazine rings is 1. The molecule has 122 valence electrons. The van der Waals surface area contributed by atoms with E-state index in [9.17, 15) is 8.78 Å². The summed E-state index contributed by atoms with van der Waals surface area (Å²) < 4.78 is 32.3. The van der Waals surface area contributed by atoms with E-state index in [0.29, 0.717) is 12.1 Å². The average Bonchev–Trinajstić information content (AvgIpc) is 2.60. The first-order valence-electron chi connectivity index (χ1n) is 7.71. The van der Waals surface area contributed by atoms with Crippen molar-refractivity contribution in [3.8, 4) is 5.75 Å². The number of ether oxygens (including phenoxy) is 1. The summed E-state index contributed by atoms with van der Waals surface area (Å²) in [6.07, 6.45) is 0. The van der Waals surface area contributed by atoms with Gasteiger partial charge in [-0.05, 0) is 18.2 Å². The highest BCUT2D eigenvalue weighted by Crippen LogP contribution is 2.23. The molecule has 1 heterocycles. The van der Waals surface area contributed by atoms with Crippen LogP contribution in [-0.2, 0) is 6.54 Å². The lowest BCUT2D eigenvalue weighted by Gasteiger charge is -2.36. The second-order valence-electron chi connectivity index (χ2n) is 5.68. The Kier molecular flexibility index (Phi) is 4.76. The summed E-state index contributed by atoms with van der Waals surface area (Å²) in [4.78, 5) is 4.43. The third kappa shape index (κ3) is 3.62. The van der Waals surface area contributed by atoms with Crippen LogP contribution in [0.4, 0.5) is 14.5 Å². The highest BCUT2D eigenvalue weighted by molar-refractivity contribution is 5.51. The highest BCUT2D eigenvalue weighted by Gasteiger charge is 2.19. The molecule has 1 saturated heterocycles. The second-order valence-corrected chi connectivity index (χ2v) is 5.68. The molecule has 1 aliphatic heterocycles. The van der Waals surface area contributed by atoms with Crippen molar-refractivity contribution in [3.63, 3.8) is 0 Å². The van der Waals surface area contributed by atoms with Crippen LogP contribution in [0.3, 0.4) is 0 Å². The molecule has 0 amide bonds. The van der Waals surface area contributed by atoms with Crippen LogP contribution in [0, 0.1) is 11.6 Å². The van der Waals surface area contributed by atoms with E-state index in [4.69, 9.17) is 4.74 Å². The Balaban J connectivity index is 1.61. The molecule has 0 N–H and O–H groups in total. The molecule has 2 aromatic carbocycles. The maximum absolute atomic E-state index is 13.8. The number of methoxy groups -OCH3 is 1. The first-order chi connectivity index (χ1) is 11.2. The lowest BCUT2D eigenvalue weighted by Crippen LogP contribution is -2.46. The van der Waals surface area contributed by atoms with Crippen molar-refractivity contribution in [3.05, 3.63) is 59.7 Å². The van der Waals surface area contributed by atoms with Gasteiger partial charge in [-0.25, -0.2) is 8.78 Å². The maximum Gasteiger partial charge on any atom is 0.163 e. The molecule has 0 atom stereocenters. The molecule has 3 rings (SSSR count). The fourth-order valence-corrected chi connectivity index (χ4v) is 2.88. The minimum atomic E-state index is -0.780. The van der Waals surface area contributed by atoms with E-state index < -0.39 is 11.6 Å². The van der Waals surface area contributed by atoms with E-state index in [0.717, 1.165) is 43.7 Å². The fraction of sp³-hybridized carbons (Fsp3) is 0.333. The van der Waals surface area contributed by atoms with Crippen molar-refractivity contribution in [2.24, 2.45) is 0 Å². The van der Waals surface area contributed by atoms with Gasteiger partial charge in [0.15, 0.2) is 11.6 Å². The normalized spacial score (nSPS) is 15.7. The van der Waals surface area contributed by atoms with Gasteiger partial charge in [0.1, 0.15) is 5.75 Å². The molecule has 0 aliphatic carbocycles. The Labute approximate surface area is 135 Å². The molecular formula is C18H20F2N2O. The van der Waals surface area contributed by atoms with Crippen molar-refractivity contribution < 1.29 is 13.5 Å². The SMILES string of the molecule is COc1cccc(N2CCN(Cc3cccc(F)c3F)CC2)c1. The van der Waals surface area contributed by atoms with Gasteiger partial charge in [0.25, 0.3) is 0 Å². The summed E-state index contributed by atoms with van der Waals surface area (Å²) in [5.74, 6) is -0.674. The number of nitrogens with zero attached hydrogens (tertiary/aromatic N) is 2. The highest BCUT2D eigenvalue weighted by atomic mass is 19.2. The Morgan fingerprint density at radius 1 is 1.00 bits per heavy atom. The summed E-state index contributed by atoms with van der Waals surface area (Å²) in [5.41, 5.74) is 1.54. The molecule has 2 aromatic rings. The number of anilines is 1. The van der Waals surface area contributed by atoms with Crippen LogP contribution in [-0.4, -0.2) is 38.2 Å². The third-order valence-electron chi connectivity index (χ3n) is 4.22. The summed E-state index contributed by atoms with van der Waals surface area (Å²) in [6, 6.07) is 12.3. The van der Waals surface area contributed by atoms with Crippen molar-refractivity contribution >= 4 is 5.69 Å². The lowest BCUT2D eigenvalue weighted by atomic mass is 10.1. The summed E-state index contributed by atoms with van der Waals surface area (Å²) in [6.45, 7) is 3.77. The molecule has 3 nitrogen and oxygen atoms in total. The van der Waals surface area contributed by atoms with Crippen LogP contribution in [0.25, 0.3) is 0 Å². The minimum absolute atomic E-state index is 0.417. The van der Waals surface area contributed by atoms with Crippen LogP contribution >= 0.6 is 0 Å². The molecule has 5 heteroatoms. The molecule has 0 aromatic heterocycles. The first-order valence-corrected chi connectivity index (χ1v) is 7.71. The summed E-state index contributed by atoms with van der Waals surface area (Å²) in [7, 11) is 1.66. The van der Waals surface area contributed by atoms with Gasteiger partial charge in [-0.3, -0.25) is 4.90 Å². The van der Waals surface area contributed by atoms with Crippen molar-refractivity contribution in [2.45, 2.75) is 6.54 Å². The Bertz CT molecular complexity index is 670. The zero-order valence-electron chi connectivity index (χ0n) is 13.1. The van der Waals surface area contributed by atoms with E-state index in [-0.39, 0.29) is 0 Å². The Hall–Kier alpha value is -2.14. The Morgan fingerprint density at radius 3 is 2.48 bits per heavy atom. The van der Waals surface area contributed by atoms with Gasteiger partial charge in [-0.1, -0.05) is 18.2 Å². The van der Waals surface area contributed by atoms with Gasteiger partial charge in [-0.2, -0.15) is 0 Å². The third-order valence-corrected chi connectivity index (χ3v) is 4.22. The predicted octanol–water partition coefficient (Wildman–Crippen LogP) is 3.30. The predicted molar refractivity (Wildman–Crippen MR) is 86.8 cm³/mol. The number of benzene rings is 2. The van der Waals surface area contributed by atoms with Crippen LogP contribution < -0.4 is 9.64 Å². The molecule has 1 fully saturated rings. The van der Waals surface area contributed by atoms with Gasteiger partial charge < -0.3 is 9.64 Å². The van der Waals surface area contributed by atoms with Crippen LogP contribution in [0.5, 0.6) is 5.75 Å². The van der Waals surface area contributed by atoms with Gasteiger partial charge in [0.05, 0.1) is 7.11 Å². The maximum atomic E-state index is 13.8. The largest absolute Gasteiger partial charge is 0.497 e. The molecular weight excluding hydrogens is 298 g/mol. The number of hydrogen-bond acceptors (Lipinski definition) is 3. The van der Waals surface area contributed by atoms with Crippen molar-refractivity contribution in [1.82, 2.24) is 4.90 Å². The van der Waals surface area contributed by atoms with E-state index in [1.54, 1.807) is 19.2 Å². The van der Waals surface area contributed by atoms with E-state index in [2.05, 4.69) is 15.9 Å².